The first-order chi connectivity index (χ1) is 6.33. The van der Waals surface area contributed by atoms with E-state index in [1.54, 1.807) is 0 Å². The molecule has 70 valence electrons. The Bertz CT molecular complexity index is 329. The Labute approximate surface area is 78.1 Å². The molecule has 0 radical (unpaired) electrons. The van der Waals surface area contributed by atoms with Crippen LogP contribution in [-0.2, 0) is 13.5 Å². The summed E-state index contributed by atoms with van der Waals surface area (Å²) in [6.45, 7) is 0. The van der Waals surface area contributed by atoms with E-state index in [-0.39, 0.29) is 0 Å². The predicted octanol–water partition coefficient (Wildman–Crippen LogP) is 1.16. The van der Waals surface area contributed by atoms with Crippen LogP contribution in [0.2, 0.25) is 0 Å². The summed E-state index contributed by atoms with van der Waals surface area (Å²) >= 11 is 0. The molecule has 1 saturated heterocycles. The second kappa shape index (κ2) is 2.58. The normalized spacial score (nSPS) is 31.5. The van der Waals surface area contributed by atoms with Gasteiger partial charge in [0.05, 0.1) is 11.7 Å². The monoisotopic (exact) mass is 177 g/mol. The van der Waals surface area contributed by atoms with Gasteiger partial charge in [0.15, 0.2) is 0 Å². The van der Waals surface area contributed by atoms with Crippen LogP contribution in [0.4, 0.5) is 0 Å². The van der Waals surface area contributed by atoms with Crippen molar-refractivity contribution in [1.82, 2.24) is 15.1 Å². The average Bonchev–Trinajstić information content (AvgIpc) is 2.47. The van der Waals surface area contributed by atoms with E-state index in [4.69, 9.17) is 0 Å². The number of rotatable bonds is 0. The lowest BCUT2D eigenvalue weighted by atomic mass is 9.86. The standard InChI is InChI=1S/C10H15N3/c1-13-6-7-5-8-3-2-4-9(11-8)10(7)12-13/h6,8-9,11H,2-5H2,1H3. The lowest BCUT2D eigenvalue weighted by Crippen LogP contribution is -2.42. The summed E-state index contributed by atoms with van der Waals surface area (Å²) < 4.78 is 1.95. The quantitative estimate of drug-likeness (QED) is 0.644. The fourth-order valence-corrected chi connectivity index (χ4v) is 2.67. The molecule has 0 spiro atoms. The van der Waals surface area contributed by atoms with Gasteiger partial charge in [0.1, 0.15) is 0 Å². The highest BCUT2D eigenvalue weighted by molar-refractivity contribution is 5.26. The number of fused-ring (bicyclic) bond motifs is 4. The molecule has 0 aromatic carbocycles. The number of hydrogen-bond donors (Lipinski definition) is 1. The maximum Gasteiger partial charge on any atom is 0.0826 e. The minimum atomic E-state index is 0.545. The zero-order valence-electron chi connectivity index (χ0n) is 7.95. The van der Waals surface area contributed by atoms with Crippen LogP contribution in [0, 0.1) is 0 Å². The minimum absolute atomic E-state index is 0.545. The summed E-state index contributed by atoms with van der Waals surface area (Å²) in [6.07, 6.45) is 7.32. The van der Waals surface area contributed by atoms with Crippen molar-refractivity contribution in [2.45, 2.75) is 37.8 Å². The van der Waals surface area contributed by atoms with E-state index in [2.05, 4.69) is 16.6 Å². The van der Waals surface area contributed by atoms with Gasteiger partial charge in [-0.05, 0) is 31.2 Å². The molecule has 2 aliphatic heterocycles. The topological polar surface area (TPSA) is 29.9 Å². The molecule has 2 unspecified atom stereocenters. The molecule has 2 aliphatic rings. The second-order valence-electron chi connectivity index (χ2n) is 4.26. The summed E-state index contributed by atoms with van der Waals surface area (Å²) in [6, 6.07) is 1.26. The first kappa shape index (κ1) is 7.56. The highest BCUT2D eigenvalue weighted by Crippen LogP contribution is 2.32. The molecule has 1 aromatic rings. The van der Waals surface area contributed by atoms with Gasteiger partial charge >= 0.3 is 0 Å². The molecule has 1 N–H and O–H groups in total. The molecule has 0 saturated carbocycles. The third kappa shape index (κ3) is 1.10. The van der Waals surface area contributed by atoms with Crippen LogP contribution in [0.3, 0.4) is 0 Å². The van der Waals surface area contributed by atoms with Crippen molar-refractivity contribution in [3.8, 4) is 0 Å². The van der Waals surface area contributed by atoms with Crippen LogP contribution in [0.25, 0.3) is 0 Å². The van der Waals surface area contributed by atoms with Crippen molar-refractivity contribution in [2.24, 2.45) is 7.05 Å². The number of piperidine rings is 1. The Kier molecular flexibility index (Phi) is 1.50. The van der Waals surface area contributed by atoms with E-state index in [0.29, 0.717) is 6.04 Å². The summed E-state index contributed by atoms with van der Waals surface area (Å²) in [4.78, 5) is 0. The highest BCUT2D eigenvalue weighted by atomic mass is 15.3. The fraction of sp³-hybridized carbons (Fsp3) is 0.700. The van der Waals surface area contributed by atoms with Gasteiger partial charge in [0.2, 0.25) is 0 Å². The number of aromatic nitrogens is 2. The third-order valence-corrected chi connectivity index (χ3v) is 3.22. The number of nitrogens with zero attached hydrogens (tertiary/aromatic N) is 2. The van der Waals surface area contributed by atoms with Crippen molar-refractivity contribution < 1.29 is 0 Å². The molecule has 0 aliphatic carbocycles. The zero-order chi connectivity index (χ0) is 8.84. The highest BCUT2D eigenvalue weighted by Gasteiger charge is 2.31. The van der Waals surface area contributed by atoms with Gasteiger partial charge in [-0.3, -0.25) is 4.68 Å². The van der Waals surface area contributed by atoms with E-state index < -0.39 is 0 Å². The molecule has 1 aromatic heterocycles. The molecular weight excluding hydrogens is 162 g/mol. The van der Waals surface area contributed by atoms with Crippen LogP contribution in [0.1, 0.15) is 36.6 Å². The average molecular weight is 177 g/mol. The van der Waals surface area contributed by atoms with E-state index in [1.165, 1.54) is 36.9 Å². The maximum absolute atomic E-state index is 4.53. The molecule has 0 amide bonds. The Balaban J connectivity index is 2.05. The summed E-state index contributed by atoms with van der Waals surface area (Å²) in [5.41, 5.74) is 2.77. The number of hydrogen-bond acceptors (Lipinski definition) is 2. The predicted molar refractivity (Wildman–Crippen MR) is 50.4 cm³/mol. The molecule has 13 heavy (non-hydrogen) atoms. The van der Waals surface area contributed by atoms with E-state index in [0.717, 1.165) is 6.04 Å². The van der Waals surface area contributed by atoms with Gasteiger partial charge in [0.25, 0.3) is 0 Å². The SMILES string of the molecule is Cn1cc2c(n1)C1CCCC(C2)N1. The molecule has 2 bridgehead atoms. The molecular formula is C10H15N3. The van der Waals surface area contributed by atoms with Crippen LogP contribution in [0.5, 0.6) is 0 Å². The molecule has 3 heterocycles. The maximum atomic E-state index is 4.53. The van der Waals surface area contributed by atoms with E-state index in [1.807, 2.05) is 11.7 Å². The first-order valence-electron chi connectivity index (χ1n) is 5.11. The van der Waals surface area contributed by atoms with Crippen molar-refractivity contribution in [2.75, 3.05) is 0 Å². The summed E-state index contributed by atoms with van der Waals surface area (Å²) in [5, 5.41) is 8.17. The lowest BCUT2D eigenvalue weighted by Gasteiger charge is -2.34. The van der Waals surface area contributed by atoms with Gasteiger partial charge in [0, 0.05) is 19.3 Å². The zero-order valence-corrected chi connectivity index (χ0v) is 7.95. The Morgan fingerprint density at radius 1 is 1.54 bits per heavy atom. The first-order valence-corrected chi connectivity index (χ1v) is 5.11. The van der Waals surface area contributed by atoms with Gasteiger partial charge in [-0.1, -0.05) is 0 Å². The summed E-state index contributed by atoms with van der Waals surface area (Å²) in [7, 11) is 2.02. The lowest BCUT2D eigenvalue weighted by molar-refractivity contribution is 0.297. The van der Waals surface area contributed by atoms with Crippen LogP contribution in [0.15, 0.2) is 6.20 Å². The Hall–Kier alpha value is -0.830. The molecule has 1 fully saturated rings. The van der Waals surface area contributed by atoms with Gasteiger partial charge in [-0.2, -0.15) is 5.10 Å². The third-order valence-electron chi connectivity index (χ3n) is 3.22. The smallest absolute Gasteiger partial charge is 0.0826 e. The molecule has 3 heteroatoms. The van der Waals surface area contributed by atoms with E-state index in [9.17, 15) is 0 Å². The van der Waals surface area contributed by atoms with Gasteiger partial charge in [-0.25, -0.2) is 0 Å². The second-order valence-corrected chi connectivity index (χ2v) is 4.26. The Morgan fingerprint density at radius 2 is 2.46 bits per heavy atom. The van der Waals surface area contributed by atoms with Crippen LogP contribution in [-0.4, -0.2) is 15.8 Å². The van der Waals surface area contributed by atoms with Gasteiger partial charge in [-0.15, -0.1) is 0 Å². The summed E-state index contributed by atoms with van der Waals surface area (Å²) in [5.74, 6) is 0. The van der Waals surface area contributed by atoms with E-state index >= 15 is 0 Å². The van der Waals surface area contributed by atoms with Gasteiger partial charge < -0.3 is 5.32 Å². The van der Waals surface area contributed by atoms with Crippen LogP contribution >= 0.6 is 0 Å². The fourth-order valence-electron chi connectivity index (χ4n) is 2.67. The minimum Gasteiger partial charge on any atom is -0.305 e. The molecule has 2 atom stereocenters. The molecule has 3 rings (SSSR count). The number of nitrogens with one attached hydrogen (secondary N) is 1. The molecule has 3 nitrogen and oxygen atoms in total. The van der Waals surface area contributed by atoms with Crippen LogP contribution < -0.4 is 5.32 Å². The van der Waals surface area contributed by atoms with Crippen molar-refractivity contribution in [3.05, 3.63) is 17.5 Å². The van der Waals surface area contributed by atoms with Crippen molar-refractivity contribution in [1.29, 1.82) is 0 Å². The Morgan fingerprint density at radius 3 is 3.38 bits per heavy atom. The van der Waals surface area contributed by atoms with Crippen molar-refractivity contribution in [3.63, 3.8) is 0 Å². The largest absolute Gasteiger partial charge is 0.305 e. The van der Waals surface area contributed by atoms with Crippen molar-refractivity contribution >= 4 is 0 Å². The number of aryl methyl sites for hydroxylation is 1.